The first-order valence-corrected chi connectivity index (χ1v) is 6.43. The van der Waals surface area contributed by atoms with Crippen molar-refractivity contribution in [1.29, 1.82) is 0 Å². The molecule has 104 valence electrons. The van der Waals surface area contributed by atoms with Gasteiger partial charge in [-0.15, -0.1) is 5.10 Å². The Bertz CT molecular complexity index is 630. The van der Waals surface area contributed by atoms with E-state index in [0.29, 0.717) is 11.6 Å². The van der Waals surface area contributed by atoms with Crippen LogP contribution in [0.4, 0.5) is 0 Å². The van der Waals surface area contributed by atoms with Crippen LogP contribution in [0.3, 0.4) is 0 Å². The zero-order valence-electron chi connectivity index (χ0n) is 11.4. The molecule has 0 N–H and O–H groups in total. The normalized spacial score (nSPS) is 14.1. The topological polar surface area (TPSA) is 66.2 Å². The van der Waals surface area contributed by atoms with Crippen molar-refractivity contribution in [2.75, 3.05) is 14.2 Å². The fourth-order valence-corrected chi connectivity index (χ4v) is 2.17. The van der Waals surface area contributed by atoms with E-state index in [1.807, 2.05) is 24.3 Å². The van der Waals surface area contributed by atoms with E-state index in [1.165, 1.54) is 7.11 Å². The lowest BCUT2D eigenvalue weighted by Crippen LogP contribution is -2.07. The molecule has 6 heteroatoms. The van der Waals surface area contributed by atoms with Crippen LogP contribution in [-0.2, 0) is 4.74 Å². The van der Waals surface area contributed by atoms with E-state index in [1.54, 1.807) is 11.8 Å². The molecular weight excluding hydrogens is 258 g/mol. The van der Waals surface area contributed by atoms with E-state index in [2.05, 4.69) is 10.3 Å². The second kappa shape index (κ2) is 4.96. The Morgan fingerprint density at radius 3 is 2.50 bits per heavy atom. The van der Waals surface area contributed by atoms with Crippen molar-refractivity contribution in [1.82, 2.24) is 15.0 Å². The molecule has 1 saturated carbocycles. The quantitative estimate of drug-likeness (QED) is 0.796. The Morgan fingerprint density at radius 2 is 1.95 bits per heavy atom. The van der Waals surface area contributed by atoms with Crippen molar-refractivity contribution in [3.63, 3.8) is 0 Å². The number of methoxy groups -OCH3 is 2. The van der Waals surface area contributed by atoms with Gasteiger partial charge in [0, 0.05) is 5.92 Å². The fraction of sp³-hybridized carbons (Fsp3) is 0.357. The molecule has 0 bridgehead atoms. The van der Waals surface area contributed by atoms with Crippen LogP contribution in [0.25, 0.3) is 5.69 Å². The minimum Gasteiger partial charge on any atom is -0.497 e. The number of benzene rings is 1. The Hall–Kier alpha value is -2.37. The van der Waals surface area contributed by atoms with E-state index in [-0.39, 0.29) is 0 Å². The molecule has 3 rings (SSSR count). The van der Waals surface area contributed by atoms with Gasteiger partial charge in [0.15, 0.2) is 5.69 Å². The Morgan fingerprint density at radius 1 is 1.25 bits per heavy atom. The molecule has 1 aliphatic carbocycles. The second-order valence-electron chi connectivity index (χ2n) is 4.70. The van der Waals surface area contributed by atoms with Gasteiger partial charge >= 0.3 is 5.97 Å². The monoisotopic (exact) mass is 273 g/mol. The van der Waals surface area contributed by atoms with Gasteiger partial charge < -0.3 is 9.47 Å². The molecule has 0 amide bonds. The summed E-state index contributed by atoms with van der Waals surface area (Å²) < 4.78 is 11.6. The maximum Gasteiger partial charge on any atom is 0.360 e. The summed E-state index contributed by atoms with van der Waals surface area (Å²) in [5.74, 6) is 0.669. The molecule has 6 nitrogen and oxygen atoms in total. The summed E-state index contributed by atoms with van der Waals surface area (Å²) in [6, 6.07) is 7.48. The van der Waals surface area contributed by atoms with Crippen molar-refractivity contribution >= 4 is 5.97 Å². The van der Waals surface area contributed by atoms with Crippen molar-refractivity contribution in [2.24, 2.45) is 0 Å². The molecule has 1 aliphatic rings. The van der Waals surface area contributed by atoms with Crippen LogP contribution in [-0.4, -0.2) is 35.2 Å². The van der Waals surface area contributed by atoms with Crippen LogP contribution in [0.5, 0.6) is 5.75 Å². The molecule has 1 aromatic heterocycles. The van der Waals surface area contributed by atoms with Gasteiger partial charge in [0.2, 0.25) is 0 Å². The standard InChI is InChI=1S/C14H15N3O3/c1-19-11-7-5-10(6-8-11)17-13(9-3-4-9)12(15-16-17)14(18)20-2/h5-9H,3-4H2,1-2H3. The first-order chi connectivity index (χ1) is 9.74. The maximum atomic E-state index is 11.8. The number of ether oxygens (including phenoxy) is 2. The predicted molar refractivity (Wildman–Crippen MR) is 71.2 cm³/mol. The van der Waals surface area contributed by atoms with Crippen LogP contribution in [0.2, 0.25) is 0 Å². The first-order valence-electron chi connectivity index (χ1n) is 6.43. The van der Waals surface area contributed by atoms with Crippen LogP contribution >= 0.6 is 0 Å². The average Bonchev–Trinajstić information content (AvgIpc) is 3.25. The minimum atomic E-state index is -0.438. The van der Waals surface area contributed by atoms with Crippen LogP contribution in [0.1, 0.15) is 34.9 Å². The van der Waals surface area contributed by atoms with E-state index in [9.17, 15) is 4.79 Å². The first kappa shape index (κ1) is 12.7. The average molecular weight is 273 g/mol. The summed E-state index contributed by atoms with van der Waals surface area (Å²) in [4.78, 5) is 11.8. The number of hydrogen-bond acceptors (Lipinski definition) is 5. The van der Waals surface area contributed by atoms with Crippen molar-refractivity contribution in [3.8, 4) is 11.4 Å². The number of esters is 1. The molecule has 0 saturated heterocycles. The van der Waals surface area contributed by atoms with Crippen molar-refractivity contribution in [3.05, 3.63) is 35.7 Å². The van der Waals surface area contributed by atoms with E-state index in [4.69, 9.17) is 9.47 Å². The number of rotatable bonds is 4. The lowest BCUT2D eigenvalue weighted by atomic mass is 10.2. The second-order valence-corrected chi connectivity index (χ2v) is 4.70. The molecule has 20 heavy (non-hydrogen) atoms. The van der Waals surface area contributed by atoms with Crippen molar-refractivity contribution in [2.45, 2.75) is 18.8 Å². The van der Waals surface area contributed by atoms with Gasteiger partial charge in [0.25, 0.3) is 0 Å². The molecular formula is C14H15N3O3. The highest BCUT2D eigenvalue weighted by Gasteiger charge is 2.34. The van der Waals surface area contributed by atoms with Gasteiger partial charge in [-0.3, -0.25) is 0 Å². The fourth-order valence-electron chi connectivity index (χ4n) is 2.17. The minimum absolute atomic E-state index is 0.311. The molecule has 2 aromatic rings. The number of hydrogen-bond donors (Lipinski definition) is 0. The highest BCUT2D eigenvalue weighted by molar-refractivity contribution is 5.88. The SMILES string of the molecule is COC(=O)c1nnn(-c2ccc(OC)cc2)c1C1CC1. The third kappa shape index (κ3) is 2.13. The molecule has 1 heterocycles. The highest BCUT2D eigenvalue weighted by Crippen LogP contribution is 2.42. The summed E-state index contributed by atoms with van der Waals surface area (Å²) >= 11 is 0. The lowest BCUT2D eigenvalue weighted by Gasteiger charge is -2.07. The Labute approximate surface area is 116 Å². The van der Waals surface area contributed by atoms with Gasteiger partial charge in [-0.05, 0) is 37.1 Å². The molecule has 0 radical (unpaired) electrons. The summed E-state index contributed by atoms with van der Waals surface area (Å²) in [7, 11) is 2.97. The van der Waals surface area contributed by atoms with Gasteiger partial charge in [-0.2, -0.15) is 0 Å². The van der Waals surface area contributed by atoms with E-state index >= 15 is 0 Å². The third-order valence-electron chi connectivity index (χ3n) is 3.36. The third-order valence-corrected chi connectivity index (χ3v) is 3.36. The smallest absolute Gasteiger partial charge is 0.360 e. The predicted octanol–water partition coefficient (Wildman–Crippen LogP) is 1.94. The molecule has 0 spiro atoms. The van der Waals surface area contributed by atoms with Crippen LogP contribution in [0.15, 0.2) is 24.3 Å². The number of carbonyl (C=O) groups is 1. The number of carbonyl (C=O) groups excluding carboxylic acids is 1. The molecule has 1 fully saturated rings. The lowest BCUT2D eigenvalue weighted by molar-refractivity contribution is 0.0592. The van der Waals surface area contributed by atoms with Gasteiger partial charge in [-0.1, -0.05) is 5.21 Å². The molecule has 1 aromatic carbocycles. The number of nitrogens with zero attached hydrogens (tertiary/aromatic N) is 3. The summed E-state index contributed by atoms with van der Waals surface area (Å²) in [5, 5.41) is 8.07. The van der Waals surface area contributed by atoms with Gasteiger partial charge in [-0.25, -0.2) is 9.48 Å². The largest absolute Gasteiger partial charge is 0.497 e. The molecule has 0 atom stereocenters. The van der Waals surface area contributed by atoms with E-state index < -0.39 is 5.97 Å². The highest BCUT2D eigenvalue weighted by atomic mass is 16.5. The van der Waals surface area contributed by atoms with Crippen molar-refractivity contribution < 1.29 is 14.3 Å². The van der Waals surface area contributed by atoms with E-state index in [0.717, 1.165) is 30.0 Å². The molecule has 0 aliphatic heterocycles. The summed E-state index contributed by atoms with van der Waals surface area (Å²) in [6.45, 7) is 0. The summed E-state index contributed by atoms with van der Waals surface area (Å²) in [6.07, 6.45) is 2.10. The summed E-state index contributed by atoms with van der Waals surface area (Å²) in [5.41, 5.74) is 2.00. The number of aromatic nitrogens is 3. The van der Waals surface area contributed by atoms with Gasteiger partial charge in [0.05, 0.1) is 25.6 Å². The molecule has 0 unspecified atom stereocenters. The van der Waals surface area contributed by atoms with Crippen LogP contribution in [0, 0.1) is 0 Å². The van der Waals surface area contributed by atoms with Crippen LogP contribution < -0.4 is 4.74 Å². The zero-order valence-corrected chi connectivity index (χ0v) is 11.4. The Balaban J connectivity index is 2.04. The zero-order chi connectivity index (χ0) is 14.1. The Kier molecular flexibility index (Phi) is 3.14. The van der Waals surface area contributed by atoms with Gasteiger partial charge in [0.1, 0.15) is 5.75 Å². The maximum absolute atomic E-state index is 11.8.